The van der Waals surface area contributed by atoms with Crippen LogP contribution < -0.4 is 5.73 Å². The van der Waals surface area contributed by atoms with E-state index in [4.69, 9.17) is 10.5 Å². The number of ether oxygens (including phenoxy) is 1. The summed E-state index contributed by atoms with van der Waals surface area (Å²) in [7, 11) is 0. The van der Waals surface area contributed by atoms with E-state index in [1.54, 1.807) is 0 Å². The van der Waals surface area contributed by atoms with E-state index in [1.807, 2.05) is 41.3 Å². The van der Waals surface area contributed by atoms with Gasteiger partial charge in [0.1, 0.15) is 0 Å². The van der Waals surface area contributed by atoms with Crippen LogP contribution in [0.25, 0.3) is 10.8 Å². The molecule has 0 radical (unpaired) electrons. The average Bonchev–Trinajstić information content (AvgIpc) is 2.53. The third kappa shape index (κ3) is 2.72. The quantitative estimate of drug-likeness (QED) is 0.863. The lowest BCUT2D eigenvalue weighted by Crippen LogP contribution is -2.45. The molecule has 3 rings (SSSR count). The molecule has 2 N–H and O–H groups in total. The molecule has 0 aromatic heterocycles. The number of hydrogen-bond acceptors (Lipinski definition) is 3. The Kier molecular flexibility index (Phi) is 3.80. The Morgan fingerprint density at radius 3 is 2.76 bits per heavy atom. The van der Waals surface area contributed by atoms with Crippen LogP contribution in [0.4, 0.5) is 5.69 Å². The van der Waals surface area contributed by atoms with Crippen molar-refractivity contribution >= 4 is 22.4 Å². The van der Waals surface area contributed by atoms with Crippen LogP contribution in [0.1, 0.15) is 23.7 Å². The van der Waals surface area contributed by atoms with Crippen LogP contribution >= 0.6 is 0 Å². The van der Waals surface area contributed by atoms with Crippen LogP contribution in [-0.2, 0) is 4.74 Å². The summed E-state index contributed by atoms with van der Waals surface area (Å²) in [6, 6.07) is 11.7. The largest absolute Gasteiger partial charge is 0.398 e. The van der Waals surface area contributed by atoms with Gasteiger partial charge in [-0.25, -0.2) is 0 Å². The predicted molar refractivity (Wildman–Crippen MR) is 84.3 cm³/mol. The fourth-order valence-electron chi connectivity index (χ4n) is 2.76. The number of rotatable bonds is 2. The molecule has 1 fully saturated rings. The van der Waals surface area contributed by atoms with Gasteiger partial charge in [0.15, 0.2) is 0 Å². The van der Waals surface area contributed by atoms with Gasteiger partial charge in [0.05, 0.1) is 18.3 Å². The monoisotopic (exact) mass is 284 g/mol. The van der Waals surface area contributed by atoms with Crippen molar-refractivity contribution in [1.82, 2.24) is 4.90 Å². The molecule has 1 amide bonds. The van der Waals surface area contributed by atoms with Crippen LogP contribution in [-0.4, -0.2) is 36.6 Å². The zero-order valence-corrected chi connectivity index (χ0v) is 12.2. The Morgan fingerprint density at radius 2 is 2.05 bits per heavy atom. The standard InChI is InChI=1S/C17H20N2O2/c1-2-14-11-19(7-8-21-14)17(20)15-9-12-5-3-4-6-13(12)10-16(15)18/h3-6,9-10,14H,2,7-8,11,18H2,1H3. The third-order valence-corrected chi connectivity index (χ3v) is 4.03. The Hall–Kier alpha value is -2.07. The van der Waals surface area contributed by atoms with Gasteiger partial charge in [-0.1, -0.05) is 31.2 Å². The number of nitrogen functional groups attached to an aromatic ring is 1. The maximum absolute atomic E-state index is 12.7. The van der Waals surface area contributed by atoms with E-state index in [0.717, 1.165) is 17.2 Å². The average molecular weight is 284 g/mol. The Bertz CT molecular complexity index is 669. The molecule has 4 heteroatoms. The SMILES string of the molecule is CCC1CN(C(=O)c2cc3ccccc3cc2N)CCO1. The molecule has 2 aromatic rings. The molecule has 0 bridgehead atoms. The zero-order valence-electron chi connectivity index (χ0n) is 12.2. The van der Waals surface area contributed by atoms with E-state index in [9.17, 15) is 4.79 Å². The van der Waals surface area contributed by atoms with Gasteiger partial charge >= 0.3 is 0 Å². The van der Waals surface area contributed by atoms with Gasteiger partial charge in [0, 0.05) is 18.8 Å². The number of carbonyl (C=O) groups is 1. The van der Waals surface area contributed by atoms with Gasteiger partial charge in [0.25, 0.3) is 5.91 Å². The highest BCUT2D eigenvalue weighted by molar-refractivity contribution is 6.04. The highest BCUT2D eigenvalue weighted by Gasteiger charge is 2.25. The minimum Gasteiger partial charge on any atom is -0.398 e. The molecule has 2 aromatic carbocycles. The molecule has 21 heavy (non-hydrogen) atoms. The molecule has 1 unspecified atom stereocenters. The number of hydrogen-bond donors (Lipinski definition) is 1. The van der Waals surface area contributed by atoms with Crippen LogP contribution in [0.3, 0.4) is 0 Å². The van der Waals surface area contributed by atoms with Crippen LogP contribution in [0, 0.1) is 0 Å². The van der Waals surface area contributed by atoms with E-state index < -0.39 is 0 Å². The van der Waals surface area contributed by atoms with Gasteiger partial charge in [0.2, 0.25) is 0 Å². The maximum Gasteiger partial charge on any atom is 0.256 e. The first-order chi connectivity index (χ1) is 10.2. The minimum absolute atomic E-state index is 0.00000283. The summed E-state index contributed by atoms with van der Waals surface area (Å²) in [5.41, 5.74) is 7.21. The second-order valence-corrected chi connectivity index (χ2v) is 5.44. The summed E-state index contributed by atoms with van der Waals surface area (Å²) in [6.45, 7) is 3.93. The summed E-state index contributed by atoms with van der Waals surface area (Å²) in [4.78, 5) is 14.6. The van der Waals surface area contributed by atoms with Gasteiger partial charge < -0.3 is 15.4 Å². The third-order valence-electron chi connectivity index (χ3n) is 4.03. The van der Waals surface area contributed by atoms with Crippen molar-refractivity contribution in [1.29, 1.82) is 0 Å². The first kappa shape index (κ1) is 13.9. The van der Waals surface area contributed by atoms with E-state index in [0.29, 0.717) is 30.9 Å². The molecule has 1 heterocycles. The molecule has 4 nitrogen and oxygen atoms in total. The molecule has 1 aliphatic rings. The molecule has 0 spiro atoms. The van der Waals surface area contributed by atoms with E-state index in [-0.39, 0.29) is 12.0 Å². The summed E-state index contributed by atoms with van der Waals surface area (Å²) < 4.78 is 5.62. The number of benzene rings is 2. The number of morpholine rings is 1. The van der Waals surface area contributed by atoms with Crippen molar-refractivity contribution in [2.24, 2.45) is 0 Å². The van der Waals surface area contributed by atoms with Crippen molar-refractivity contribution in [2.75, 3.05) is 25.4 Å². The van der Waals surface area contributed by atoms with Gasteiger partial charge in [-0.3, -0.25) is 4.79 Å². The molecule has 110 valence electrons. The smallest absolute Gasteiger partial charge is 0.256 e. The number of carbonyl (C=O) groups excluding carboxylic acids is 1. The first-order valence-electron chi connectivity index (χ1n) is 7.38. The van der Waals surface area contributed by atoms with Crippen LogP contribution in [0.5, 0.6) is 0 Å². The predicted octanol–water partition coefficient (Wildman–Crippen LogP) is 2.67. The number of fused-ring (bicyclic) bond motifs is 1. The van der Waals surface area contributed by atoms with Crippen LogP contribution in [0.2, 0.25) is 0 Å². The zero-order chi connectivity index (χ0) is 14.8. The molecule has 1 saturated heterocycles. The normalized spacial score (nSPS) is 18.9. The lowest BCUT2D eigenvalue weighted by molar-refractivity contribution is -0.0225. The number of amides is 1. The fourth-order valence-corrected chi connectivity index (χ4v) is 2.76. The summed E-state index contributed by atoms with van der Waals surface area (Å²) >= 11 is 0. The number of nitrogens with two attached hydrogens (primary N) is 1. The van der Waals surface area contributed by atoms with Crippen LogP contribution in [0.15, 0.2) is 36.4 Å². The Balaban J connectivity index is 1.92. The summed E-state index contributed by atoms with van der Waals surface area (Å²) in [5.74, 6) is 0.00000283. The Labute approximate surface area is 124 Å². The Morgan fingerprint density at radius 1 is 1.33 bits per heavy atom. The number of nitrogens with zero attached hydrogens (tertiary/aromatic N) is 1. The lowest BCUT2D eigenvalue weighted by Gasteiger charge is -2.32. The second-order valence-electron chi connectivity index (χ2n) is 5.44. The van der Waals surface area contributed by atoms with Crippen molar-refractivity contribution in [3.05, 3.63) is 42.0 Å². The molecule has 0 saturated carbocycles. The molecular formula is C17H20N2O2. The molecular weight excluding hydrogens is 264 g/mol. The lowest BCUT2D eigenvalue weighted by atomic mass is 10.0. The first-order valence-corrected chi connectivity index (χ1v) is 7.38. The van der Waals surface area contributed by atoms with Gasteiger partial charge in [-0.2, -0.15) is 0 Å². The van der Waals surface area contributed by atoms with Gasteiger partial charge in [-0.05, 0) is 29.3 Å². The maximum atomic E-state index is 12.7. The number of anilines is 1. The molecule has 1 atom stereocenters. The van der Waals surface area contributed by atoms with E-state index in [1.165, 1.54) is 0 Å². The van der Waals surface area contributed by atoms with Crippen molar-refractivity contribution < 1.29 is 9.53 Å². The van der Waals surface area contributed by atoms with E-state index in [2.05, 4.69) is 6.92 Å². The fraction of sp³-hybridized carbons (Fsp3) is 0.353. The highest BCUT2D eigenvalue weighted by atomic mass is 16.5. The molecule has 1 aliphatic heterocycles. The van der Waals surface area contributed by atoms with Crippen molar-refractivity contribution in [2.45, 2.75) is 19.4 Å². The van der Waals surface area contributed by atoms with Crippen molar-refractivity contribution in [3.8, 4) is 0 Å². The van der Waals surface area contributed by atoms with E-state index >= 15 is 0 Å². The summed E-state index contributed by atoms with van der Waals surface area (Å²) in [6.07, 6.45) is 1.04. The van der Waals surface area contributed by atoms with Crippen molar-refractivity contribution in [3.63, 3.8) is 0 Å². The second kappa shape index (κ2) is 5.74. The van der Waals surface area contributed by atoms with Gasteiger partial charge in [-0.15, -0.1) is 0 Å². The topological polar surface area (TPSA) is 55.6 Å². The summed E-state index contributed by atoms with van der Waals surface area (Å²) in [5, 5.41) is 2.09. The highest BCUT2D eigenvalue weighted by Crippen LogP contribution is 2.24. The molecule has 0 aliphatic carbocycles. The minimum atomic E-state index is 0.00000283.